The molecule has 13 heavy (non-hydrogen) atoms. The van der Waals surface area contributed by atoms with E-state index < -0.39 is 0 Å². The number of nitrogens with zero attached hydrogens (tertiary/aromatic N) is 3. The Labute approximate surface area is 119 Å². The molecular weight excluding hydrogens is 191 g/mol. The fraction of sp³-hybridized carbons (Fsp3) is 0.375. The van der Waals surface area contributed by atoms with E-state index in [0.717, 1.165) is 11.3 Å². The topological polar surface area (TPSA) is 54.5 Å². The Balaban J connectivity index is 0.000000845. The van der Waals surface area contributed by atoms with Crippen molar-refractivity contribution in [2.75, 3.05) is 0 Å². The summed E-state index contributed by atoms with van der Waals surface area (Å²) in [5, 5.41) is 0. The van der Waals surface area contributed by atoms with Crippen molar-refractivity contribution in [2.45, 2.75) is 19.8 Å². The second-order valence-corrected chi connectivity index (χ2v) is 2.95. The van der Waals surface area contributed by atoms with E-state index in [1.807, 2.05) is 13.8 Å². The smallest absolute Gasteiger partial charge is 0.371 e. The van der Waals surface area contributed by atoms with E-state index in [9.17, 15) is 0 Å². The largest absolute Gasteiger partial charge is 1.00 e. The van der Waals surface area contributed by atoms with Crippen molar-refractivity contribution in [3.63, 3.8) is 0 Å². The van der Waals surface area contributed by atoms with Gasteiger partial charge >= 0.3 is 51.4 Å². The van der Waals surface area contributed by atoms with Gasteiger partial charge in [-0.2, -0.15) is 0 Å². The molecule has 2 aromatic rings. The normalized spacial score (nSPS) is 10.4. The molecule has 2 aromatic heterocycles. The molecule has 2 heterocycles. The maximum atomic E-state index is 4.25. The quantitative estimate of drug-likeness (QED) is 0.440. The van der Waals surface area contributed by atoms with Gasteiger partial charge in [0.1, 0.15) is 0 Å². The summed E-state index contributed by atoms with van der Waals surface area (Å²) in [6.45, 7) is 4.09. The second kappa shape index (κ2) is 4.61. The van der Waals surface area contributed by atoms with Gasteiger partial charge in [0.25, 0.3) is 0 Å². The molecule has 0 atom stereocenters. The van der Waals surface area contributed by atoms with Crippen molar-refractivity contribution in [1.29, 1.82) is 0 Å². The number of hydrogen-bond donors (Lipinski definition) is 1. The van der Waals surface area contributed by atoms with Gasteiger partial charge in [0.05, 0.1) is 12.0 Å². The average Bonchev–Trinajstić information content (AvgIpc) is 2.49. The van der Waals surface area contributed by atoms with Crippen LogP contribution in [0.2, 0.25) is 0 Å². The van der Waals surface area contributed by atoms with Crippen LogP contribution in [-0.2, 0) is 0 Å². The van der Waals surface area contributed by atoms with Gasteiger partial charge in [-0.1, -0.05) is 20.0 Å². The first kappa shape index (κ1) is 11.3. The first-order chi connectivity index (χ1) is 5.77. The molecule has 0 saturated heterocycles. The van der Waals surface area contributed by atoms with Gasteiger partial charge in [-0.25, -0.2) is 0 Å². The van der Waals surface area contributed by atoms with E-state index in [0.29, 0.717) is 11.6 Å². The van der Waals surface area contributed by atoms with Crippen LogP contribution >= 0.6 is 0 Å². The second-order valence-electron chi connectivity index (χ2n) is 2.95. The maximum Gasteiger partial charge on any atom is 1.00 e. The molecule has 5 heteroatoms. The predicted molar refractivity (Wildman–Crippen MR) is 44.6 cm³/mol. The molecule has 1 N–H and O–H groups in total. The van der Waals surface area contributed by atoms with Gasteiger partial charge in [-0.15, -0.1) is 0 Å². The minimum Gasteiger partial charge on any atom is -0.371 e. The zero-order chi connectivity index (χ0) is 8.55. The molecule has 0 spiro atoms. The van der Waals surface area contributed by atoms with Crippen LogP contribution in [0.3, 0.4) is 0 Å². The summed E-state index contributed by atoms with van der Waals surface area (Å²) in [7, 11) is 0. The monoisotopic (exact) mass is 200 g/mol. The molecule has 62 valence electrons. The predicted octanol–water partition coefficient (Wildman–Crippen LogP) is -1.72. The first-order valence-electron chi connectivity index (χ1n) is 3.86. The molecule has 0 aliphatic heterocycles. The zero-order valence-electron chi connectivity index (χ0n) is 8.00. The van der Waals surface area contributed by atoms with Crippen molar-refractivity contribution < 1.29 is 51.4 Å². The van der Waals surface area contributed by atoms with Gasteiger partial charge in [-0.3, -0.25) is 4.98 Å². The van der Waals surface area contributed by atoms with E-state index in [1.54, 1.807) is 6.33 Å². The Kier molecular flexibility index (Phi) is 3.99. The molecule has 0 bridgehead atoms. The fourth-order valence-corrected chi connectivity index (χ4v) is 0.959. The first-order valence-corrected chi connectivity index (χ1v) is 3.86. The molecule has 0 aromatic carbocycles. The third kappa shape index (κ3) is 2.35. The molecule has 0 radical (unpaired) electrons. The Bertz CT molecular complexity index is 396. The Hall–Kier alpha value is 0.186. The Morgan fingerprint density at radius 3 is 2.92 bits per heavy atom. The van der Waals surface area contributed by atoms with Crippen LogP contribution in [0.15, 0.2) is 6.33 Å². The van der Waals surface area contributed by atoms with E-state index in [2.05, 4.69) is 26.1 Å². The number of H-pyrrole nitrogens is 1. The van der Waals surface area contributed by atoms with E-state index in [4.69, 9.17) is 0 Å². The van der Waals surface area contributed by atoms with E-state index in [-0.39, 0.29) is 51.4 Å². The van der Waals surface area contributed by atoms with Gasteiger partial charge < -0.3 is 15.0 Å². The van der Waals surface area contributed by atoms with Gasteiger partial charge in [-0.05, 0) is 11.4 Å². The minimum absolute atomic E-state index is 0. The van der Waals surface area contributed by atoms with E-state index >= 15 is 0 Å². The van der Waals surface area contributed by atoms with Crippen LogP contribution in [0.5, 0.6) is 0 Å². The van der Waals surface area contributed by atoms with Crippen LogP contribution in [0, 0.1) is 6.20 Å². The molecule has 0 amide bonds. The van der Waals surface area contributed by atoms with Crippen molar-refractivity contribution >= 4 is 11.2 Å². The van der Waals surface area contributed by atoms with Crippen LogP contribution in [0.1, 0.15) is 25.6 Å². The van der Waals surface area contributed by atoms with Gasteiger partial charge in [0.2, 0.25) is 0 Å². The summed E-state index contributed by atoms with van der Waals surface area (Å²) in [6.07, 6.45) is 4.45. The summed E-state index contributed by atoms with van der Waals surface area (Å²) >= 11 is 0. The SMILES string of the molecule is CC(C)c1n[c-]c2[nH]cnc2n1.[K+]. The summed E-state index contributed by atoms with van der Waals surface area (Å²) < 4.78 is 0. The molecule has 2 rings (SSSR count). The van der Waals surface area contributed by atoms with Crippen LogP contribution in [0.4, 0.5) is 0 Å². The third-order valence-electron chi connectivity index (χ3n) is 1.64. The van der Waals surface area contributed by atoms with Crippen LogP contribution < -0.4 is 51.4 Å². The maximum absolute atomic E-state index is 4.25. The molecule has 0 fully saturated rings. The Morgan fingerprint density at radius 2 is 2.23 bits per heavy atom. The molecule has 0 aliphatic carbocycles. The number of imidazole rings is 1. The summed E-state index contributed by atoms with van der Waals surface area (Å²) in [5.41, 5.74) is 1.45. The molecule has 4 nitrogen and oxygen atoms in total. The molecular formula is C8H9KN4. The number of nitrogens with one attached hydrogen (secondary N) is 1. The van der Waals surface area contributed by atoms with Crippen molar-refractivity contribution in [1.82, 2.24) is 19.9 Å². The van der Waals surface area contributed by atoms with Crippen molar-refractivity contribution in [2.24, 2.45) is 0 Å². The number of aromatic amines is 1. The summed E-state index contributed by atoms with van der Waals surface area (Å²) in [4.78, 5) is 15.2. The number of rotatable bonds is 1. The molecule has 0 aliphatic rings. The molecule has 0 unspecified atom stereocenters. The average molecular weight is 200 g/mol. The standard InChI is InChI=1S/C8H9N4.K/c1-5(2)7-9-3-6-8(12-7)11-4-10-6;/h4-5H,1-2H3,(H,9,10,11,12);/q-1;+1. The van der Waals surface area contributed by atoms with Crippen molar-refractivity contribution in [3.05, 3.63) is 18.3 Å². The zero-order valence-corrected chi connectivity index (χ0v) is 11.1. The summed E-state index contributed by atoms with van der Waals surface area (Å²) in [6, 6.07) is 0. The number of fused-ring (bicyclic) bond motifs is 1. The fourth-order valence-electron chi connectivity index (χ4n) is 0.959. The summed E-state index contributed by atoms with van der Waals surface area (Å²) in [5.74, 6) is 1.11. The minimum atomic E-state index is 0. The van der Waals surface area contributed by atoms with Crippen LogP contribution in [-0.4, -0.2) is 19.9 Å². The number of aromatic nitrogens is 4. The van der Waals surface area contributed by atoms with E-state index in [1.165, 1.54) is 0 Å². The molecule has 0 saturated carbocycles. The Morgan fingerprint density at radius 1 is 1.46 bits per heavy atom. The van der Waals surface area contributed by atoms with Gasteiger partial charge in [0, 0.05) is 5.82 Å². The third-order valence-corrected chi connectivity index (χ3v) is 1.64. The van der Waals surface area contributed by atoms with Crippen LogP contribution in [0.25, 0.3) is 11.2 Å². The number of hydrogen-bond acceptors (Lipinski definition) is 3. The van der Waals surface area contributed by atoms with Gasteiger partial charge in [0.15, 0.2) is 0 Å². The van der Waals surface area contributed by atoms with Crippen molar-refractivity contribution in [3.8, 4) is 0 Å².